The molecule has 1 atom stereocenters. The summed E-state index contributed by atoms with van der Waals surface area (Å²) in [6, 6.07) is 7.37. The van der Waals surface area contributed by atoms with Crippen LogP contribution in [0.5, 0.6) is 5.88 Å². The topological polar surface area (TPSA) is 130 Å². The predicted molar refractivity (Wildman–Crippen MR) is 127 cm³/mol. The first-order chi connectivity index (χ1) is 17.0. The minimum Gasteiger partial charge on any atom is -0.471 e. The molecule has 4 rings (SSSR count). The fourth-order valence-corrected chi connectivity index (χ4v) is 3.86. The van der Waals surface area contributed by atoms with E-state index in [4.69, 9.17) is 16.3 Å². The van der Waals surface area contributed by atoms with Crippen LogP contribution in [0.2, 0.25) is 5.02 Å². The maximum Gasteiger partial charge on any atom is 0.323 e. The van der Waals surface area contributed by atoms with Gasteiger partial charge in [0.1, 0.15) is 30.2 Å². The predicted octanol–water partition coefficient (Wildman–Crippen LogP) is 3.19. The van der Waals surface area contributed by atoms with Gasteiger partial charge in [-0.2, -0.15) is 0 Å². The molecule has 0 radical (unpaired) electrons. The number of aromatic nitrogens is 4. The van der Waals surface area contributed by atoms with E-state index in [0.29, 0.717) is 17.1 Å². The molecule has 0 spiro atoms. The van der Waals surface area contributed by atoms with Crippen molar-refractivity contribution < 1.29 is 23.4 Å². The molecule has 36 heavy (non-hydrogen) atoms. The summed E-state index contributed by atoms with van der Waals surface area (Å²) in [7, 11) is 0. The molecule has 2 aromatic heterocycles. The first-order valence-electron chi connectivity index (χ1n) is 10.8. The Morgan fingerprint density at radius 3 is 2.58 bits per heavy atom. The molecule has 9 nitrogen and oxygen atoms in total. The summed E-state index contributed by atoms with van der Waals surface area (Å²) in [5, 5.41) is 10.9. The quantitative estimate of drug-likeness (QED) is 0.307. The lowest BCUT2D eigenvalue weighted by Gasteiger charge is -2.31. The summed E-state index contributed by atoms with van der Waals surface area (Å²) in [5.41, 5.74) is -2.23. The van der Waals surface area contributed by atoms with Crippen LogP contribution < -0.4 is 16.0 Å². The van der Waals surface area contributed by atoms with Crippen molar-refractivity contribution >= 4 is 28.4 Å². The lowest BCUT2D eigenvalue weighted by atomic mass is 9.82. The number of aromatic amines is 2. The Kier molecular flexibility index (Phi) is 6.79. The number of carbonyl (C=O) groups is 1. The largest absolute Gasteiger partial charge is 0.471 e. The van der Waals surface area contributed by atoms with E-state index in [1.165, 1.54) is 24.3 Å². The van der Waals surface area contributed by atoms with Crippen LogP contribution in [0.1, 0.15) is 29.8 Å². The maximum atomic E-state index is 13.8. The monoisotopic (exact) mass is 518 g/mol. The van der Waals surface area contributed by atoms with Crippen LogP contribution in [0.15, 0.2) is 52.3 Å². The van der Waals surface area contributed by atoms with Crippen LogP contribution >= 0.6 is 11.6 Å². The first kappa shape index (κ1) is 25.3. The molecule has 12 heteroatoms. The van der Waals surface area contributed by atoms with Crippen LogP contribution in [0, 0.1) is 17.6 Å². The van der Waals surface area contributed by atoms with Gasteiger partial charge in [-0.3, -0.25) is 14.2 Å². The number of nitrogens with zero attached hydrogens (tertiary/aromatic N) is 2. The Morgan fingerprint density at radius 2 is 1.89 bits per heavy atom. The van der Waals surface area contributed by atoms with Crippen molar-refractivity contribution in [3.8, 4) is 5.88 Å². The van der Waals surface area contributed by atoms with E-state index in [1.54, 1.807) is 13.8 Å². The molecule has 0 aliphatic carbocycles. The highest BCUT2D eigenvalue weighted by Crippen LogP contribution is 2.27. The van der Waals surface area contributed by atoms with Gasteiger partial charge in [0.05, 0.1) is 17.6 Å². The van der Waals surface area contributed by atoms with Gasteiger partial charge in [0.15, 0.2) is 10.8 Å². The van der Waals surface area contributed by atoms with E-state index < -0.39 is 51.8 Å². The number of carbonyl (C=O) groups excluding carboxylic acids is 1. The first-order valence-corrected chi connectivity index (χ1v) is 11.2. The van der Waals surface area contributed by atoms with Gasteiger partial charge in [-0.15, -0.1) is 0 Å². The Labute approximate surface area is 207 Å². The standard InChI is InChI=1S/C24H21ClF2N4O5/c1-12(2)24(35,20(32)13-4-6-17-18(7-13)30-23(34)29-17)10-31-11-28-21(19(25)22(31)33)36-9-14-3-5-15(26)8-16(14)27/h3-8,11-12,35H,9-10H2,1-2H3,(H2,29,30,34). The number of ketones is 1. The number of fused-ring (bicyclic) bond motifs is 1. The normalized spacial score (nSPS) is 13.2. The highest BCUT2D eigenvalue weighted by atomic mass is 35.5. The Balaban J connectivity index is 1.59. The number of ether oxygens (including phenoxy) is 1. The molecule has 1 unspecified atom stereocenters. The molecule has 0 amide bonds. The number of imidazole rings is 1. The SMILES string of the molecule is CC(C)C(O)(Cn1cnc(OCc2ccc(F)cc2F)c(Cl)c1=O)C(=O)c1ccc2[nH]c(=O)[nH]c2c1. The van der Waals surface area contributed by atoms with Crippen molar-refractivity contribution in [3.63, 3.8) is 0 Å². The van der Waals surface area contributed by atoms with E-state index in [1.807, 2.05) is 0 Å². The number of halogens is 3. The third kappa shape index (κ3) is 4.79. The number of rotatable bonds is 8. The number of benzene rings is 2. The summed E-state index contributed by atoms with van der Waals surface area (Å²) in [4.78, 5) is 46.8. The molecule has 0 aliphatic heterocycles. The smallest absolute Gasteiger partial charge is 0.323 e. The molecule has 0 fully saturated rings. The molecule has 0 saturated heterocycles. The van der Waals surface area contributed by atoms with Gasteiger partial charge >= 0.3 is 5.69 Å². The zero-order chi connectivity index (χ0) is 26.2. The zero-order valence-electron chi connectivity index (χ0n) is 19.1. The lowest BCUT2D eigenvalue weighted by Crippen LogP contribution is -2.49. The number of hydrogen-bond acceptors (Lipinski definition) is 6. The number of H-pyrrole nitrogens is 2. The van der Waals surface area contributed by atoms with Crippen molar-refractivity contribution in [2.45, 2.75) is 32.6 Å². The molecular weight excluding hydrogens is 498 g/mol. The molecule has 3 N–H and O–H groups in total. The van der Waals surface area contributed by atoms with Gasteiger partial charge in [-0.25, -0.2) is 18.6 Å². The van der Waals surface area contributed by atoms with Gasteiger partial charge in [-0.05, 0) is 36.2 Å². The van der Waals surface area contributed by atoms with Gasteiger partial charge in [0.2, 0.25) is 5.88 Å². The average Bonchev–Trinajstić information content (AvgIpc) is 3.21. The fourth-order valence-electron chi connectivity index (χ4n) is 3.65. The minimum absolute atomic E-state index is 0.0268. The molecule has 188 valence electrons. The second-order valence-corrected chi connectivity index (χ2v) is 8.95. The van der Waals surface area contributed by atoms with Crippen molar-refractivity contribution in [3.05, 3.63) is 91.3 Å². The molecular formula is C24H21ClF2N4O5. The van der Waals surface area contributed by atoms with Crippen molar-refractivity contribution in [1.82, 2.24) is 19.5 Å². The highest BCUT2D eigenvalue weighted by molar-refractivity contribution is 6.31. The fraction of sp³-hybridized carbons (Fsp3) is 0.250. The third-order valence-corrected chi connectivity index (χ3v) is 6.19. The Hall–Kier alpha value is -3.83. The van der Waals surface area contributed by atoms with Crippen LogP contribution in [0.3, 0.4) is 0 Å². The molecule has 0 bridgehead atoms. The zero-order valence-corrected chi connectivity index (χ0v) is 19.9. The Bertz CT molecular complexity index is 1580. The third-order valence-electron chi connectivity index (χ3n) is 5.87. The average molecular weight is 519 g/mol. The number of Topliss-reactive ketones (excluding diaryl/α,β-unsaturated/α-hetero) is 1. The summed E-state index contributed by atoms with van der Waals surface area (Å²) < 4.78 is 33.2. The van der Waals surface area contributed by atoms with Crippen LogP contribution in [-0.2, 0) is 13.2 Å². The Morgan fingerprint density at radius 1 is 1.17 bits per heavy atom. The number of aliphatic hydroxyl groups is 1. The van der Waals surface area contributed by atoms with Gasteiger partial charge in [-0.1, -0.05) is 25.4 Å². The van der Waals surface area contributed by atoms with Crippen LogP contribution in [0.25, 0.3) is 11.0 Å². The minimum atomic E-state index is -2.03. The van der Waals surface area contributed by atoms with Gasteiger partial charge < -0.3 is 19.8 Å². The summed E-state index contributed by atoms with van der Waals surface area (Å²) in [5.74, 6) is -3.17. The van der Waals surface area contributed by atoms with E-state index >= 15 is 0 Å². The maximum absolute atomic E-state index is 13.8. The summed E-state index contributed by atoms with van der Waals surface area (Å²) in [6.45, 7) is 2.40. The number of nitrogens with one attached hydrogen (secondary N) is 2. The number of hydrogen-bond donors (Lipinski definition) is 3. The molecule has 0 aliphatic rings. The second kappa shape index (κ2) is 9.67. The molecule has 0 saturated carbocycles. The molecule has 4 aromatic rings. The van der Waals surface area contributed by atoms with Crippen molar-refractivity contribution in [2.75, 3.05) is 0 Å². The van der Waals surface area contributed by atoms with Gasteiger partial charge in [0.25, 0.3) is 5.56 Å². The summed E-state index contributed by atoms with van der Waals surface area (Å²) >= 11 is 6.12. The van der Waals surface area contributed by atoms with E-state index in [0.717, 1.165) is 17.0 Å². The van der Waals surface area contributed by atoms with Crippen LogP contribution in [-0.4, -0.2) is 36.0 Å². The van der Waals surface area contributed by atoms with Crippen molar-refractivity contribution in [2.24, 2.45) is 5.92 Å². The highest BCUT2D eigenvalue weighted by Gasteiger charge is 2.41. The molecule has 2 heterocycles. The van der Waals surface area contributed by atoms with Crippen molar-refractivity contribution in [1.29, 1.82) is 0 Å². The molecule has 2 aromatic carbocycles. The van der Waals surface area contributed by atoms with E-state index in [-0.39, 0.29) is 23.6 Å². The van der Waals surface area contributed by atoms with Crippen LogP contribution in [0.4, 0.5) is 8.78 Å². The van der Waals surface area contributed by atoms with Gasteiger partial charge in [0, 0.05) is 17.2 Å². The summed E-state index contributed by atoms with van der Waals surface area (Å²) in [6.07, 6.45) is 1.05. The van der Waals surface area contributed by atoms with E-state index in [2.05, 4.69) is 15.0 Å². The second-order valence-electron chi connectivity index (χ2n) is 8.57. The lowest BCUT2D eigenvalue weighted by molar-refractivity contribution is -0.00537. The van der Waals surface area contributed by atoms with E-state index in [9.17, 15) is 28.3 Å².